The third-order valence-corrected chi connectivity index (χ3v) is 4.53. The molecule has 1 fully saturated rings. The van der Waals surface area contributed by atoms with Gasteiger partial charge in [-0.1, -0.05) is 12.1 Å². The number of carbonyl (C=O) groups is 3. The molecule has 1 saturated heterocycles. The van der Waals surface area contributed by atoms with Crippen LogP contribution in [0.5, 0.6) is 0 Å². The van der Waals surface area contributed by atoms with Crippen molar-refractivity contribution in [2.45, 2.75) is 18.5 Å². The highest BCUT2D eigenvalue weighted by Gasteiger charge is 2.30. The van der Waals surface area contributed by atoms with Gasteiger partial charge in [-0.25, -0.2) is 24.8 Å². The monoisotopic (exact) mass is 401 g/mol. The highest BCUT2D eigenvalue weighted by molar-refractivity contribution is 6.00. The van der Waals surface area contributed by atoms with Crippen LogP contribution in [0.15, 0.2) is 42.5 Å². The Kier molecular flexibility index (Phi) is 6.20. The van der Waals surface area contributed by atoms with Crippen LogP contribution in [-0.2, 0) is 14.3 Å². The number of hydrogen-bond acceptors (Lipinski definition) is 7. The van der Waals surface area contributed by atoms with Gasteiger partial charge in [-0.3, -0.25) is 4.79 Å². The number of esters is 2. The van der Waals surface area contributed by atoms with Gasteiger partial charge in [0.25, 0.3) is 0 Å². The summed E-state index contributed by atoms with van der Waals surface area (Å²) in [7, 11) is 2.43. The molecular weight excluding hydrogens is 381 g/mol. The number of hydrogen-bond donors (Lipinski definition) is 3. The summed E-state index contributed by atoms with van der Waals surface area (Å²) in [6, 6.07) is 9.43. The van der Waals surface area contributed by atoms with E-state index in [4.69, 9.17) is 0 Å². The van der Waals surface area contributed by atoms with Crippen LogP contribution < -0.4 is 16.2 Å². The average Bonchev–Trinajstić information content (AvgIpc) is 3.23. The van der Waals surface area contributed by atoms with E-state index in [1.807, 2.05) is 0 Å². The van der Waals surface area contributed by atoms with Crippen molar-refractivity contribution in [3.8, 4) is 0 Å². The number of ether oxygens (including phenoxy) is 2. The van der Waals surface area contributed by atoms with Gasteiger partial charge in [-0.05, 0) is 42.3 Å². The lowest BCUT2D eigenvalue weighted by Crippen LogP contribution is -2.39. The van der Waals surface area contributed by atoms with E-state index in [0.717, 1.165) is 5.56 Å². The molecule has 2 unspecified atom stereocenters. The number of halogens is 1. The lowest BCUT2D eigenvalue weighted by Gasteiger charge is -2.13. The third kappa shape index (κ3) is 4.76. The number of amides is 1. The van der Waals surface area contributed by atoms with E-state index in [1.54, 1.807) is 12.1 Å². The Morgan fingerprint density at radius 3 is 2.10 bits per heavy atom. The molecule has 2 aromatic carbocycles. The van der Waals surface area contributed by atoms with Crippen LogP contribution in [0.2, 0.25) is 0 Å². The fourth-order valence-corrected chi connectivity index (χ4v) is 3.04. The third-order valence-electron chi connectivity index (χ3n) is 4.53. The number of methoxy groups -OCH3 is 2. The topological polar surface area (TPSA) is 106 Å². The number of carbonyl (C=O) groups excluding carboxylic acids is 3. The van der Waals surface area contributed by atoms with E-state index in [0.29, 0.717) is 6.42 Å². The minimum absolute atomic E-state index is 0.104. The van der Waals surface area contributed by atoms with Gasteiger partial charge in [0.15, 0.2) is 0 Å². The molecule has 2 aromatic rings. The normalized spacial score (nSPS) is 18.2. The molecule has 3 N–H and O–H groups in total. The molecule has 29 heavy (non-hydrogen) atoms. The quantitative estimate of drug-likeness (QED) is 0.658. The zero-order valence-corrected chi connectivity index (χ0v) is 15.8. The molecule has 9 heteroatoms. The molecule has 0 aromatic heterocycles. The van der Waals surface area contributed by atoms with Crippen LogP contribution in [0.4, 0.5) is 10.1 Å². The summed E-state index contributed by atoms with van der Waals surface area (Å²) < 4.78 is 22.5. The Morgan fingerprint density at radius 1 is 0.966 bits per heavy atom. The highest BCUT2D eigenvalue weighted by atomic mass is 19.1. The fourth-order valence-electron chi connectivity index (χ4n) is 3.04. The van der Waals surface area contributed by atoms with E-state index in [-0.39, 0.29) is 34.6 Å². The number of nitrogens with one attached hydrogen (secondary N) is 3. The lowest BCUT2D eigenvalue weighted by atomic mass is 10.0. The van der Waals surface area contributed by atoms with Gasteiger partial charge in [0.1, 0.15) is 11.9 Å². The number of anilines is 1. The molecule has 1 aliphatic heterocycles. The Hall–Kier alpha value is -3.30. The van der Waals surface area contributed by atoms with E-state index >= 15 is 0 Å². The predicted octanol–water partition coefficient (Wildman–Crippen LogP) is 1.95. The zero-order valence-electron chi connectivity index (χ0n) is 15.8. The highest BCUT2D eigenvalue weighted by Crippen LogP contribution is 2.24. The first kappa shape index (κ1) is 20.4. The average molecular weight is 401 g/mol. The fraction of sp³-hybridized carbons (Fsp3) is 0.250. The standard InChI is InChI=1S/C20H20FN3O5/c1-28-19(26)12-7-13(20(27)29-2)9-15(8-12)22-18(25)17-10-16(23-24-17)11-3-5-14(21)6-4-11/h3-9,16-17,23-24H,10H2,1-2H3,(H,22,25). The molecule has 1 aliphatic rings. The summed E-state index contributed by atoms with van der Waals surface area (Å²) >= 11 is 0. The molecule has 8 nitrogen and oxygen atoms in total. The van der Waals surface area contributed by atoms with Gasteiger partial charge in [0.05, 0.1) is 25.3 Å². The summed E-state index contributed by atoms with van der Waals surface area (Å²) in [6.45, 7) is 0. The van der Waals surface area contributed by atoms with Crippen molar-refractivity contribution in [1.82, 2.24) is 10.9 Å². The maximum absolute atomic E-state index is 13.1. The minimum Gasteiger partial charge on any atom is -0.465 e. The van der Waals surface area contributed by atoms with Crippen molar-refractivity contribution in [3.63, 3.8) is 0 Å². The van der Waals surface area contributed by atoms with E-state index in [9.17, 15) is 18.8 Å². The Morgan fingerprint density at radius 2 is 1.55 bits per heavy atom. The van der Waals surface area contributed by atoms with Gasteiger partial charge in [-0.15, -0.1) is 0 Å². The second-order valence-electron chi connectivity index (χ2n) is 6.45. The molecule has 0 radical (unpaired) electrons. The van der Waals surface area contributed by atoms with Crippen LogP contribution in [0.25, 0.3) is 0 Å². The molecule has 0 spiro atoms. The van der Waals surface area contributed by atoms with Gasteiger partial charge < -0.3 is 14.8 Å². The van der Waals surface area contributed by atoms with Crippen molar-refractivity contribution < 1.29 is 28.2 Å². The molecule has 0 saturated carbocycles. The van der Waals surface area contributed by atoms with E-state index < -0.39 is 18.0 Å². The summed E-state index contributed by atoms with van der Waals surface area (Å²) in [5.41, 5.74) is 7.21. The summed E-state index contributed by atoms with van der Waals surface area (Å²) in [5.74, 6) is -1.99. The van der Waals surface area contributed by atoms with Crippen molar-refractivity contribution >= 4 is 23.5 Å². The van der Waals surface area contributed by atoms with Crippen LogP contribution in [0.1, 0.15) is 38.7 Å². The van der Waals surface area contributed by atoms with Gasteiger partial charge in [0.2, 0.25) is 5.91 Å². The van der Waals surface area contributed by atoms with Crippen LogP contribution in [-0.4, -0.2) is 38.1 Å². The molecule has 2 atom stereocenters. The largest absolute Gasteiger partial charge is 0.465 e. The van der Waals surface area contributed by atoms with Crippen molar-refractivity contribution in [1.29, 1.82) is 0 Å². The summed E-state index contributed by atoms with van der Waals surface area (Å²) in [6.07, 6.45) is 0.429. The van der Waals surface area contributed by atoms with Crippen molar-refractivity contribution in [2.75, 3.05) is 19.5 Å². The van der Waals surface area contributed by atoms with Crippen LogP contribution in [0, 0.1) is 5.82 Å². The lowest BCUT2D eigenvalue weighted by molar-refractivity contribution is -0.117. The minimum atomic E-state index is -0.650. The van der Waals surface area contributed by atoms with Crippen LogP contribution >= 0.6 is 0 Å². The Balaban J connectivity index is 1.73. The van der Waals surface area contributed by atoms with Crippen molar-refractivity contribution in [3.05, 3.63) is 65.0 Å². The maximum atomic E-state index is 13.1. The second kappa shape index (κ2) is 8.80. The first-order valence-corrected chi connectivity index (χ1v) is 8.80. The molecule has 1 amide bonds. The Labute approximate surface area is 166 Å². The summed E-state index contributed by atoms with van der Waals surface area (Å²) in [5, 5.41) is 2.69. The number of hydrazine groups is 1. The molecule has 3 rings (SSSR count). The second-order valence-corrected chi connectivity index (χ2v) is 6.45. The molecule has 152 valence electrons. The van der Waals surface area contributed by atoms with E-state index in [1.165, 1.54) is 44.6 Å². The van der Waals surface area contributed by atoms with Gasteiger partial charge in [-0.2, -0.15) is 0 Å². The molecular formula is C20H20FN3O5. The maximum Gasteiger partial charge on any atom is 0.337 e. The molecule has 0 bridgehead atoms. The predicted molar refractivity (Wildman–Crippen MR) is 102 cm³/mol. The first-order chi connectivity index (χ1) is 13.9. The summed E-state index contributed by atoms with van der Waals surface area (Å²) in [4.78, 5) is 36.4. The van der Waals surface area contributed by atoms with Gasteiger partial charge >= 0.3 is 11.9 Å². The SMILES string of the molecule is COC(=O)c1cc(NC(=O)C2CC(c3ccc(F)cc3)NN2)cc(C(=O)OC)c1. The van der Waals surface area contributed by atoms with Crippen LogP contribution in [0.3, 0.4) is 0 Å². The smallest absolute Gasteiger partial charge is 0.337 e. The molecule has 0 aliphatic carbocycles. The Bertz CT molecular complexity index is 898. The first-order valence-electron chi connectivity index (χ1n) is 8.80. The van der Waals surface area contributed by atoms with Gasteiger partial charge in [0, 0.05) is 11.7 Å². The zero-order chi connectivity index (χ0) is 21.0. The number of benzene rings is 2. The van der Waals surface area contributed by atoms with E-state index in [2.05, 4.69) is 25.6 Å². The number of rotatable bonds is 5. The molecule has 1 heterocycles. The van der Waals surface area contributed by atoms with Crippen molar-refractivity contribution in [2.24, 2.45) is 0 Å².